The van der Waals surface area contributed by atoms with E-state index in [2.05, 4.69) is 20.8 Å². The molecular formula is C18H24N6O2. The Bertz CT molecular complexity index is 742. The second-order valence-electron chi connectivity index (χ2n) is 6.94. The Labute approximate surface area is 152 Å². The summed E-state index contributed by atoms with van der Waals surface area (Å²) < 4.78 is 1.56. The number of benzene rings is 1. The van der Waals surface area contributed by atoms with Gasteiger partial charge in [-0.3, -0.25) is 9.59 Å². The molecule has 1 saturated heterocycles. The van der Waals surface area contributed by atoms with E-state index in [0.29, 0.717) is 19.5 Å². The van der Waals surface area contributed by atoms with Crippen molar-refractivity contribution in [2.45, 2.75) is 39.2 Å². The van der Waals surface area contributed by atoms with Crippen LogP contribution in [0.25, 0.3) is 5.69 Å². The fraction of sp³-hybridized carbons (Fsp3) is 0.500. The van der Waals surface area contributed by atoms with Crippen molar-refractivity contribution >= 4 is 11.8 Å². The lowest BCUT2D eigenvalue weighted by molar-refractivity contribution is -0.135. The average molecular weight is 356 g/mol. The Kier molecular flexibility index (Phi) is 5.60. The molecule has 1 N–H and O–H groups in total. The lowest BCUT2D eigenvalue weighted by Crippen LogP contribution is -2.47. The first-order valence-electron chi connectivity index (χ1n) is 8.93. The van der Waals surface area contributed by atoms with Gasteiger partial charge in [-0.2, -0.15) is 0 Å². The molecule has 1 aromatic heterocycles. The van der Waals surface area contributed by atoms with Crippen LogP contribution in [0.2, 0.25) is 0 Å². The molecular weight excluding hydrogens is 332 g/mol. The van der Waals surface area contributed by atoms with Gasteiger partial charge in [0, 0.05) is 19.1 Å². The molecule has 26 heavy (non-hydrogen) atoms. The fourth-order valence-corrected chi connectivity index (χ4v) is 3.15. The summed E-state index contributed by atoms with van der Waals surface area (Å²) in [6.45, 7) is 5.11. The number of likely N-dealkylation sites (tertiary alicyclic amines) is 1. The maximum Gasteiger partial charge on any atom is 0.227 e. The van der Waals surface area contributed by atoms with E-state index in [0.717, 1.165) is 24.1 Å². The topological polar surface area (TPSA) is 93.0 Å². The standard InChI is InChI=1S/C18H24N6O2/c1-13(2)20-18(26)15-4-3-9-23(11-15)17(25)10-14-5-7-16(8-6-14)24-12-19-21-22-24/h5-8,12-13,15H,3-4,9-11H2,1-2H3,(H,20,26)/t15-/m0/s1. The van der Waals surface area contributed by atoms with Gasteiger partial charge in [-0.05, 0) is 54.8 Å². The summed E-state index contributed by atoms with van der Waals surface area (Å²) in [5.74, 6) is -0.0113. The van der Waals surface area contributed by atoms with Crippen molar-refractivity contribution in [3.63, 3.8) is 0 Å². The summed E-state index contributed by atoms with van der Waals surface area (Å²) in [5, 5.41) is 14.0. The first-order chi connectivity index (χ1) is 12.5. The molecule has 0 unspecified atom stereocenters. The van der Waals surface area contributed by atoms with Gasteiger partial charge < -0.3 is 10.2 Å². The Morgan fingerprint density at radius 1 is 1.27 bits per heavy atom. The lowest BCUT2D eigenvalue weighted by atomic mass is 9.96. The number of nitrogens with zero attached hydrogens (tertiary/aromatic N) is 5. The number of aromatic nitrogens is 4. The molecule has 0 saturated carbocycles. The van der Waals surface area contributed by atoms with Gasteiger partial charge in [0.1, 0.15) is 6.33 Å². The van der Waals surface area contributed by atoms with Gasteiger partial charge in [0.2, 0.25) is 11.8 Å². The molecule has 0 aliphatic carbocycles. The molecule has 8 heteroatoms. The summed E-state index contributed by atoms with van der Waals surface area (Å²) >= 11 is 0. The minimum Gasteiger partial charge on any atom is -0.354 e. The van der Waals surface area contributed by atoms with Gasteiger partial charge in [0.25, 0.3) is 0 Å². The highest BCUT2D eigenvalue weighted by Crippen LogP contribution is 2.18. The van der Waals surface area contributed by atoms with Crippen molar-refractivity contribution in [1.82, 2.24) is 30.4 Å². The van der Waals surface area contributed by atoms with E-state index in [1.54, 1.807) is 4.68 Å². The van der Waals surface area contributed by atoms with Crippen molar-refractivity contribution in [3.05, 3.63) is 36.2 Å². The van der Waals surface area contributed by atoms with E-state index in [1.165, 1.54) is 6.33 Å². The molecule has 138 valence electrons. The number of nitrogens with one attached hydrogen (secondary N) is 1. The molecule has 8 nitrogen and oxygen atoms in total. The minimum atomic E-state index is -0.114. The summed E-state index contributed by atoms with van der Waals surface area (Å²) in [6, 6.07) is 7.69. The summed E-state index contributed by atoms with van der Waals surface area (Å²) in [7, 11) is 0. The van der Waals surface area contributed by atoms with E-state index in [-0.39, 0.29) is 23.8 Å². The zero-order valence-corrected chi connectivity index (χ0v) is 15.1. The van der Waals surface area contributed by atoms with Gasteiger partial charge in [-0.15, -0.1) is 5.10 Å². The second-order valence-corrected chi connectivity index (χ2v) is 6.94. The minimum absolute atomic E-state index is 0.0447. The molecule has 1 fully saturated rings. The smallest absolute Gasteiger partial charge is 0.227 e. The zero-order chi connectivity index (χ0) is 18.5. The van der Waals surface area contributed by atoms with Gasteiger partial charge in [0.15, 0.2) is 0 Å². The highest BCUT2D eigenvalue weighted by molar-refractivity contribution is 5.82. The maximum absolute atomic E-state index is 12.6. The Morgan fingerprint density at radius 3 is 2.69 bits per heavy atom. The highest BCUT2D eigenvalue weighted by atomic mass is 16.2. The Balaban J connectivity index is 1.58. The van der Waals surface area contributed by atoms with Crippen LogP contribution in [0.1, 0.15) is 32.3 Å². The van der Waals surface area contributed by atoms with E-state index in [4.69, 9.17) is 0 Å². The van der Waals surface area contributed by atoms with Gasteiger partial charge >= 0.3 is 0 Å². The van der Waals surface area contributed by atoms with Crippen LogP contribution >= 0.6 is 0 Å². The normalized spacial score (nSPS) is 17.3. The van der Waals surface area contributed by atoms with Crippen molar-refractivity contribution in [1.29, 1.82) is 0 Å². The second kappa shape index (κ2) is 8.07. The number of carbonyl (C=O) groups excluding carboxylic acids is 2. The van der Waals surface area contributed by atoms with Gasteiger partial charge in [-0.25, -0.2) is 4.68 Å². The lowest BCUT2D eigenvalue weighted by Gasteiger charge is -2.32. The summed E-state index contributed by atoms with van der Waals surface area (Å²) in [4.78, 5) is 26.7. The molecule has 2 heterocycles. The predicted octanol–water partition coefficient (Wildman–Crippen LogP) is 0.968. The van der Waals surface area contributed by atoms with Crippen LogP contribution in [-0.4, -0.2) is 56.1 Å². The van der Waals surface area contributed by atoms with Crippen molar-refractivity contribution < 1.29 is 9.59 Å². The number of hydrogen-bond donors (Lipinski definition) is 1. The fourth-order valence-electron chi connectivity index (χ4n) is 3.15. The van der Waals surface area contributed by atoms with Crippen LogP contribution < -0.4 is 5.32 Å². The number of tetrazole rings is 1. The Hall–Kier alpha value is -2.77. The zero-order valence-electron chi connectivity index (χ0n) is 15.1. The molecule has 1 aliphatic rings. The quantitative estimate of drug-likeness (QED) is 0.862. The first-order valence-corrected chi connectivity index (χ1v) is 8.93. The SMILES string of the molecule is CC(C)NC(=O)[C@H]1CCCN(C(=O)Cc2ccc(-n3cnnn3)cc2)C1. The van der Waals surface area contributed by atoms with Gasteiger partial charge in [-0.1, -0.05) is 12.1 Å². The summed E-state index contributed by atoms with van der Waals surface area (Å²) in [6.07, 6.45) is 3.55. The number of hydrogen-bond acceptors (Lipinski definition) is 5. The third-order valence-corrected chi connectivity index (χ3v) is 4.48. The van der Waals surface area contributed by atoms with Crippen molar-refractivity contribution in [2.75, 3.05) is 13.1 Å². The summed E-state index contributed by atoms with van der Waals surface area (Å²) in [5.41, 5.74) is 1.77. The van der Waals surface area contributed by atoms with Crippen LogP contribution in [0.15, 0.2) is 30.6 Å². The van der Waals surface area contributed by atoms with E-state index >= 15 is 0 Å². The molecule has 0 spiro atoms. The molecule has 2 amide bonds. The highest BCUT2D eigenvalue weighted by Gasteiger charge is 2.28. The largest absolute Gasteiger partial charge is 0.354 e. The molecule has 3 rings (SSSR count). The average Bonchev–Trinajstić information content (AvgIpc) is 3.16. The molecule has 2 aromatic rings. The molecule has 0 radical (unpaired) electrons. The third kappa shape index (κ3) is 4.44. The first kappa shape index (κ1) is 18.0. The van der Waals surface area contributed by atoms with Gasteiger partial charge in [0.05, 0.1) is 18.0 Å². The van der Waals surface area contributed by atoms with Crippen LogP contribution in [-0.2, 0) is 16.0 Å². The molecule has 1 atom stereocenters. The number of amides is 2. The monoisotopic (exact) mass is 356 g/mol. The van der Waals surface area contributed by atoms with Crippen LogP contribution in [0.4, 0.5) is 0 Å². The van der Waals surface area contributed by atoms with Crippen LogP contribution in [0, 0.1) is 5.92 Å². The van der Waals surface area contributed by atoms with Crippen LogP contribution in [0.5, 0.6) is 0 Å². The van der Waals surface area contributed by atoms with Crippen molar-refractivity contribution in [2.24, 2.45) is 5.92 Å². The van der Waals surface area contributed by atoms with E-state index < -0.39 is 0 Å². The van der Waals surface area contributed by atoms with E-state index in [9.17, 15) is 9.59 Å². The van der Waals surface area contributed by atoms with Crippen molar-refractivity contribution in [3.8, 4) is 5.69 Å². The molecule has 1 aromatic carbocycles. The predicted molar refractivity (Wildman–Crippen MR) is 95.4 cm³/mol. The molecule has 1 aliphatic heterocycles. The Morgan fingerprint density at radius 2 is 2.04 bits per heavy atom. The third-order valence-electron chi connectivity index (χ3n) is 4.48. The van der Waals surface area contributed by atoms with E-state index in [1.807, 2.05) is 43.0 Å². The van der Waals surface area contributed by atoms with Crippen LogP contribution in [0.3, 0.4) is 0 Å². The number of rotatable bonds is 5. The number of carbonyl (C=O) groups is 2. The molecule has 0 bridgehead atoms. The maximum atomic E-state index is 12.6. The number of piperidine rings is 1.